The van der Waals surface area contributed by atoms with Crippen molar-refractivity contribution in [1.82, 2.24) is 0 Å². The van der Waals surface area contributed by atoms with E-state index >= 15 is 0 Å². The van der Waals surface area contributed by atoms with Gasteiger partial charge in [-0.2, -0.15) is 13.7 Å². The van der Waals surface area contributed by atoms with E-state index in [-0.39, 0.29) is 17.4 Å². The first-order valence-electron chi connectivity index (χ1n) is 9.01. The number of para-hydroxylation sites is 1. The van der Waals surface area contributed by atoms with Crippen LogP contribution in [0, 0.1) is 11.3 Å². The number of sulfonamides is 1. The molecule has 3 heterocycles. The Bertz CT molecular complexity index is 1380. The number of thiophene rings is 1. The van der Waals surface area contributed by atoms with E-state index in [1.54, 1.807) is 42.5 Å². The molecule has 0 amide bonds. The molecule has 0 fully saturated rings. The van der Waals surface area contributed by atoms with Crippen LogP contribution in [-0.2, 0) is 21.2 Å². The van der Waals surface area contributed by atoms with E-state index in [1.807, 2.05) is 12.1 Å². The van der Waals surface area contributed by atoms with Crippen LogP contribution in [0.25, 0.3) is 21.4 Å². The van der Waals surface area contributed by atoms with Crippen LogP contribution < -0.4 is 4.31 Å². The number of hydrogen-bond donors (Lipinski definition) is 0. The number of fused-ring (bicyclic) bond motifs is 2. The molecule has 1 atom stereocenters. The zero-order valence-electron chi connectivity index (χ0n) is 15.4. The van der Waals surface area contributed by atoms with Gasteiger partial charge in [0.1, 0.15) is 28.0 Å². The fraction of sp³-hybridized carbons (Fsp3) is 0.0952. The predicted molar refractivity (Wildman–Crippen MR) is 116 cm³/mol. The second kappa shape index (κ2) is 7.18. The first-order valence-corrected chi connectivity index (χ1v) is 12.6. The lowest BCUT2D eigenvalue weighted by molar-refractivity contribution is 0.479. The Labute approximate surface area is 180 Å². The predicted octanol–water partition coefficient (Wildman–Crippen LogP) is 4.35. The molecule has 0 radical (unpaired) electrons. The molecule has 2 aromatic carbocycles. The molecular weight excluding hydrogens is 440 g/mol. The quantitative estimate of drug-likeness (QED) is 0.429. The summed E-state index contributed by atoms with van der Waals surface area (Å²) in [6.45, 7) is 0.0936. The monoisotopic (exact) mass is 454 g/mol. The Morgan fingerprint density at radius 3 is 2.73 bits per heavy atom. The van der Waals surface area contributed by atoms with Gasteiger partial charge in [0.25, 0.3) is 10.0 Å². The van der Waals surface area contributed by atoms with Crippen LogP contribution >= 0.6 is 11.3 Å². The van der Waals surface area contributed by atoms with Gasteiger partial charge in [0.2, 0.25) is 5.09 Å². The summed E-state index contributed by atoms with van der Waals surface area (Å²) in [6, 6.07) is 19.5. The van der Waals surface area contributed by atoms with Gasteiger partial charge in [-0.1, -0.05) is 18.2 Å². The summed E-state index contributed by atoms with van der Waals surface area (Å²) in [5.41, 5.74) is 1.64. The minimum absolute atomic E-state index is 0.0936. The molecule has 0 aliphatic carbocycles. The summed E-state index contributed by atoms with van der Waals surface area (Å²) in [6.07, 6.45) is 0. The number of furan rings is 1. The minimum Gasteiger partial charge on any atom is -0.611 e. The lowest BCUT2D eigenvalue weighted by atomic mass is 10.1. The van der Waals surface area contributed by atoms with Crippen LogP contribution in [0.1, 0.15) is 4.88 Å². The first kappa shape index (κ1) is 19.2. The van der Waals surface area contributed by atoms with Crippen molar-refractivity contribution in [3.63, 3.8) is 0 Å². The molecule has 0 saturated carbocycles. The molecule has 0 spiro atoms. The molecule has 0 saturated heterocycles. The van der Waals surface area contributed by atoms with E-state index in [9.17, 15) is 13.0 Å². The van der Waals surface area contributed by atoms with Crippen LogP contribution in [0.4, 0.5) is 5.69 Å². The topological polar surface area (TPSA) is 97.4 Å². The summed E-state index contributed by atoms with van der Waals surface area (Å²) >= 11 is 0.0335. The zero-order chi connectivity index (χ0) is 20.9. The molecule has 9 heteroatoms. The molecule has 4 aromatic rings. The number of benzene rings is 2. The first-order chi connectivity index (χ1) is 14.5. The van der Waals surface area contributed by atoms with Crippen LogP contribution in [0.15, 0.2) is 75.1 Å². The number of nitrogens with zero attached hydrogens (tertiary/aromatic N) is 2. The Balaban J connectivity index is 1.63. The summed E-state index contributed by atoms with van der Waals surface area (Å²) in [5.74, 6) is 0.212. The Kier molecular flexibility index (Phi) is 4.60. The standard InChI is InChI=1S/C21H14N2O4S3/c22-13-16-6-7-19(28-16)15-5-8-20-17(11-15)23(9-10-29(20)24)30(25,26)21-12-14-3-1-2-4-18(14)27-21/h1-8,11-12H,9-10H2. The molecule has 1 aliphatic heterocycles. The number of rotatable bonds is 3. The molecular formula is C21H14N2O4S3. The average molecular weight is 455 g/mol. The molecule has 1 unspecified atom stereocenters. The number of anilines is 1. The maximum Gasteiger partial charge on any atom is 0.298 e. The number of hydrogen-bond acceptors (Lipinski definition) is 6. The van der Waals surface area contributed by atoms with E-state index in [4.69, 9.17) is 9.68 Å². The maximum absolute atomic E-state index is 13.4. The van der Waals surface area contributed by atoms with Gasteiger partial charge >= 0.3 is 0 Å². The smallest absolute Gasteiger partial charge is 0.298 e. The molecule has 1 aliphatic rings. The highest BCUT2D eigenvalue weighted by Gasteiger charge is 2.37. The van der Waals surface area contributed by atoms with Crippen molar-refractivity contribution >= 4 is 49.2 Å². The maximum atomic E-state index is 13.4. The minimum atomic E-state index is -3.98. The van der Waals surface area contributed by atoms with E-state index < -0.39 is 21.2 Å². The van der Waals surface area contributed by atoms with Gasteiger partial charge in [0.05, 0.1) is 6.54 Å². The molecule has 0 N–H and O–H groups in total. The lowest BCUT2D eigenvalue weighted by Gasteiger charge is -2.30. The highest BCUT2D eigenvalue weighted by molar-refractivity contribution is 7.94. The van der Waals surface area contributed by atoms with Crippen LogP contribution in [0.2, 0.25) is 0 Å². The zero-order valence-corrected chi connectivity index (χ0v) is 17.9. The molecule has 6 nitrogen and oxygen atoms in total. The van der Waals surface area contributed by atoms with E-state index in [2.05, 4.69) is 6.07 Å². The summed E-state index contributed by atoms with van der Waals surface area (Å²) in [5, 5.41) is 9.64. The van der Waals surface area contributed by atoms with Gasteiger partial charge in [-0.25, -0.2) is 0 Å². The highest BCUT2D eigenvalue weighted by atomic mass is 32.2. The number of nitriles is 1. The van der Waals surface area contributed by atoms with Crippen molar-refractivity contribution in [2.75, 3.05) is 16.6 Å². The van der Waals surface area contributed by atoms with Crippen molar-refractivity contribution in [2.24, 2.45) is 0 Å². The van der Waals surface area contributed by atoms with Gasteiger partial charge in [0, 0.05) is 16.3 Å². The molecule has 30 heavy (non-hydrogen) atoms. The van der Waals surface area contributed by atoms with E-state index in [0.717, 1.165) is 10.4 Å². The van der Waals surface area contributed by atoms with Crippen molar-refractivity contribution in [1.29, 1.82) is 5.26 Å². The second-order valence-electron chi connectivity index (χ2n) is 6.69. The fourth-order valence-electron chi connectivity index (χ4n) is 3.45. The van der Waals surface area contributed by atoms with Gasteiger partial charge in [-0.05, 0) is 53.1 Å². The fourth-order valence-corrected chi connectivity index (χ4v) is 7.04. The highest BCUT2D eigenvalue weighted by Crippen LogP contribution is 2.39. The Morgan fingerprint density at radius 2 is 1.97 bits per heavy atom. The van der Waals surface area contributed by atoms with Gasteiger partial charge in [-0.3, -0.25) is 4.31 Å². The Morgan fingerprint density at radius 1 is 1.13 bits per heavy atom. The van der Waals surface area contributed by atoms with Gasteiger partial charge in [0.15, 0.2) is 4.90 Å². The van der Waals surface area contributed by atoms with Crippen molar-refractivity contribution < 1.29 is 17.4 Å². The lowest BCUT2D eigenvalue weighted by Crippen LogP contribution is -2.39. The Hall–Kier alpha value is -2.77. The third-order valence-electron chi connectivity index (χ3n) is 4.90. The molecule has 2 aromatic heterocycles. The van der Waals surface area contributed by atoms with Crippen LogP contribution in [-0.4, -0.2) is 25.3 Å². The van der Waals surface area contributed by atoms with E-state index in [0.29, 0.717) is 26.4 Å². The largest absolute Gasteiger partial charge is 0.611 e. The van der Waals surface area contributed by atoms with Crippen molar-refractivity contribution in [2.45, 2.75) is 9.99 Å². The van der Waals surface area contributed by atoms with Crippen molar-refractivity contribution in [3.8, 4) is 16.5 Å². The molecule has 0 bridgehead atoms. The van der Waals surface area contributed by atoms with Gasteiger partial charge < -0.3 is 8.97 Å². The summed E-state index contributed by atoms with van der Waals surface area (Å²) in [7, 11) is -3.98. The normalized spacial score (nSPS) is 16.4. The summed E-state index contributed by atoms with van der Waals surface area (Å²) in [4.78, 5) is 1.88. The van der Waals surface area contributed by atoms with E-state index in [1.165, 1.54) is 21.7 Å². The van der Waals surface area contributed by atoms with Crippen LogP contribution in [0.3, 0.4) is 0 Å². The van der Waals surface area contributed by atoms with Crippen LogP contribution in [0.5, 0.6) is 0 Å². The van der Waals surface area contributed by atoms with Crippen molar-refractivity contribution in [3.05, 3.63) is 65.5 Å². The third-order valence-corrected chi connectivity index (χ3v) is 9.00. The SMILES string of the molecule is N#Cc1ccc(-c2ccc3c(c2)N(S(=O)(=O)c2cc4ccccc4o2)CC[S+]3[O-])s1. The second-order valence-corrected chi connectivity index (χ2v) is 11.1. The van der Waals surface area contributed by atoms with Gasteiger partial charge in [-0.15, -0.1) is 11.3 Å². The average Bonchev–Trinajstić information content (AvgIpc) is 3.41. The molecule has 150 valence electrons. The molecule has 5 rings (SSSR count). The summed E-state index contributed by atoms with van der Waals surface area (Å²) < 4.78 is 46.3. The third kappa shape index (κ3) is 3.09.